The van der Waals surface area contributed by atoms with Gasteiger partial charge in [-0.1, -0.05) is 6.58 Å². The van der Waals surface area contributed by atoms with Gasteiger partial charge in [0.1, 0.15) is 5.82 Å². The van der Waals surface area contributed by atoms with Crippen molar-refractivity contribution in [3.63, 3.8) is 0 Å². The predicted octanol–water partition coefficient (Wildman–Crippen LogP) is 0.388. The molecule has 0 saturated carbocycles. The largest absolute Gasteiger partial charge is 0.261 e. The Morgan fingerprint density at radius 2 is 2.23 bits per heavy atom. The van der Waals surface area contributed by atoms with E-state index in [-0.39, 0.29) is 10.9 Å². The number of hydrogen-bond acceptors (Lipinski definition) is 4. The summed E-state index contributed by atoms with van der Waals surface area (Å²) in [7, 11) is -3.53. The highest BCUT2D eigenvalue weighted by Gasteiger charge is 2.13. The SMILES string of the molecule is C=C(C)S(=O)(=O)Nc1n[nH]c(C)n1. The number of aromatic nitrogens is 3. The zero-order valence-corrected chi connectivity index (χ0v) is 8.14. The summed E-state index contributed by atoms with van der Waals surface area (Å²) >= 11 is 0. The highest BCUT2D eigenvalue weighted by atomic mass is 32.2. The number of nitrogens with one attached hydrogen (secondary N) is 2. The molecule has 0 saturated heterocycles. The van der Waals surface area contributed by atoms with E-state index in [0.717, 1.165) is 0 Å². The number of H-pyrrole nitrogens is 1. The molecule has 0 aliphatic heterocycles. The van der Waals surface area contributed by atoms with Crippen LogP contribution in [-0.4, -0.2) is 23.6 Å². The third-order valence-corrected chi connectivity index (χ3v) is 2.65. The molecule has 1 heterocycles. The average Bonchev–Trinajstić information content (AvgIpc) is 2.34. The summed E-state index contributed by atoms with van der Waals surface area (Å²) in [4.78, 5) is 3.80. The maximum atomic E-state index is 11.2. The van der Waals surface area contributed by atoms with Gasteiger partial charge in [0.2, 0.25) is 0 Å². The number of aryl methyl sites for hydroxylation is 1. The number of sulfonamides is 1. The molecule has 0 atom stereocenters. The highest BCUT2D eigenvalue weighted by molar-refractivity contribution is 7.96. The maximum absolute atomic E-state index is 11.2. The molecule has 0 bridgehead atoms. The zero-order valence-electron chi connectivity index (χ0n) is 7.33. The van der Waals surface area contributed by atoms with E-state index in [1.807, 2.05) is 0 Å². The molecule has 0 radical (unpaired) electrons. The van der Waals surface area contributed by atoms with Gasteiger partial charge in [-0.3, -0.25) is 5.10 Å². The Balaban J connectivity index is 2.87. The molecule has 0 unspecified atom stereocenters. The molecule has 0 aliphatic rings. The van der Waals surface area contributed by atoms with Gasteiger partial charge >= 0.3 is 0 Å². The zero-order chi connectivity index (χ0) is 10.1. The standard InChI is InChI=1S/C6H10N4O2S/c1-4(2)13(11,12)10-6-7-5(3)8-9-6/h1H2,2-3H3,(H2,7,8,9,10). The van der Waals surface area contributed by atoms with Gasteiger partial charge in [-0.2, -0.15) is 4.98 Å². The highest BCUT2D eigenvalue weighted by Crippen LogP contribution is 2.06. The molecule has 7 heteroatoms. The van der Waals surface area contributed by atoms with Crippen LogP contribution in [0.1, 0.15) is 12.7 Å². The number of allylic oxidation sites excluding steroid dienone is 1. The van der Waals surface area contributed by atoms with Gasteiger partial charge in [-0.15, -0.1) is 5.10 Å². The van der Waals surface area contributed by atoms with E-state index >= 15 is 0 Å². The van der Waals surface area contributed by atoms with Crippen LogP contribution in [0, 0.1) is 6.92 Å². The summed E-state index contributed by atoms with van der Waals surface area (Å²) in [6, 6.07) is 0. The van der Waals surface area contributed by atoms with Crippen LogP contribution in [0.5, 0.6) is 0 Å². The number of aromatic amines is 1. The molecule has 2 N–H and O–H groups in total. The molecular formula is C6H10N4O2S. The summed E-state index contributed by atoms with van der Waals surface area (Å²) in [5, 5.41) is 6.13. The molecule has 72 valence electrons. The molecule has 0 aliphatic carbocycles. The maximum Gasteiger partial charge on any atom is 0.259 e. The van der Waals surface area contributed by atoms with Crippen LogP contribution in [0.3, 0.4) is 0 Å². The molecule has 0 aromatic carbocycles. The molecule has 1 rings (SSSR count). The monoisotopic (exact) mass is 202 g/mol. The second kappa shape index (κ2) is 3.17. The summed E-state index contributed by atoms with van der Waals surface area (Å²) in [5.74, 6) is 0.569. The lowest BCUT2D eigenvalue weighted by molar-refractivity contribution is 0.606. The fourth-order valence-corrected chi connectivity index (χ4v) is 1.10. The van der Waals surface area contributed by atoms with E-state index in [2.05, 4.69) is 26.5 Å². The van der Waals surface area contributed by atoms with E-state index in [4.69, 9.17) is 0 Å². The summed E-state index contributed by atoms with van der Waals surface area (Å²) in [5.41, 5.74) is 0. The minimum atomic E-state index is -3.53. The number of rotatable bonds is 3. The first-order chi connectivity index (χ1) is 5.92. The van der Waals surface area contributed by atoms with Crippen LogP contribution in [0.4, 0.5) is 5.95 Å². The van der Waals surface area contributed by atoms with Crippen LogP contribution in [0.15, 0.2) is 11.5 Å². The molecular weight excluding hydrogens is 192 g/mol. The lowest BCUT2D eigenvalue weighted by Gasteiger charge is -2.01. The third kappa shape index (κ3) is 2.28. The Bertz CT molecular complexity index is 420. The first-order valence-electron chi connectivity index (χ1n) is 3.49. The predicted molar refractivity (Wildman–Crippen MR) is 48.5 cm³/mol. The number of nitrogens with zero attached hydrogens (tertiary/aromatic N) is 2. The normalized spacial score (nSPS) is 11.2. The van der Waals surface area contributed by atoms with Gasteiger partial charge in [0.15, 0.2) is 0 Å². The van der Waals surface area contributed by atoms with Crippen LogP contribution in [0.2, 0.25) is 0 Å². The van der Waals surface area contributed by atoms with Crippen molar-refractivity contribution in [1.82, 2.24) is 15.2 Å². The van der Waals surface area contributed by atoms with Crippen molar-refractivity contribution in [3.05, 3.63) is 17.3 Å². The molecule has 13 heavy (non-hydrogen) atoms. The van der Waals surface area contributed by atoms with Gasteiger partial charge in [0, 0.05) is 0 Å². The van der Waals surface area contributed by atoms with E-state index in [1.165, 1.54) is 6.92 Å². The summed E-state index contributed by atoms with van der Waals surface area (Å²) in [6.07, 6.45) is 0. The minimum Gasteiger partial charge on any atom is -0.261 e. The van der Waals surface area contributed by atoms with Crippen LogP contribution >= 0.6 is 0 Å². The molecule has 0 spiro atoms. The lowest BCUT2D eigenvalue weighted by atomic mass is 10.8. The Labute approximate surface area is 76.1 Å². The lowest BCUT2D eigenvalue weighted by Crippen LogP contribution is -2.13. The summed E-state index contributed by atoms with van der Waals surface area (Å²) in [6.45, 7) is 6.38. The van der Waals surface area contributed by atoms with Crippen molar-refractivity contribution in [2.75, 3.05) is 4.72 Å². The van der Waals surface area contributed by atoms with Crippen LogP contribution in [0.25, 0.3) is 0 Å². The molecule has 0 fully saturated rings. The molecule has 1 aromatic heterocycles. The Kier molecular flexibility index (Phi) is 2.37. The fraction of sp³-hybridized carbons (Fsp3) is 0.333. The van der Waals surface area contributed by atoms with E-state index in [1.54, 1.807) is 6.92 Å². The Morgan fingerprint density at radius 1 is 1.62 bits per heavy atom. The van der Waals surface area contributed by atoms with Gasteiger partial charge < -0.3 is 0 Å². The second-order valence-corrected chi connectivity index (χ2v) is 4.46. The van der Waals surface area contributed by atoms with Crippen LogP contribution in [-0.2, 0) is 10.0 Å². The first-order valence-corrected chi connectivity index (χ1v) is 4.97. The molecule has 0 amide bonds. The first kappa shape index (κ1) is 9.72. The smallest absolute Gasteiger partial charge is 0.259 e. The van der Waals surface area contributed by atoms with E-state index < -0.39 is 10.0 Å². The molecule has 1 aromatic rings. The Hall–Kier alpha value is -1.37. The molecule has 6 nitrogen and oxygen atoms in total. The third-order valence-electron chi connectivity index (χ3n) is 1.28. The van der Waals surface area contributed by atoms with Crippen molar-refractivity contribution < 1.29 is 8.42 Å². The van der Waals surface area contributed by atoms with E-state index in [9.17, 15) is 8.42 Å². The van der Waals surface area contributed by atoms with Crippen molar-refractivity contribution in [1.29, 1.82) is 0 Å². The van der Waals surface area contributed by atoms with Crippen molar-refractivity contribution >= 4 is 16.0 Å². The van der Waals surface area contributed by atoms with Gasteiger partial charge in [0.05, 0.1) is 4.91 Å². The van der Waals surface area contributed by atoms with Gasteiger partial charge in [0.25, 0.3) is 16.0 Å². The number of anilines is 1. The Morgan fingerprint density at radius 3 is 2.62 bits per heavy atom. The average molecular weight is 202 g/mol. The van der Waals surface area contributed by atoms with Crippen molar-refractivity contribution in [2.45, 2.75) is 13.8 Å². The summed E-state index contributed by atoms with van der Waals surface area (Å²) < 4.78 is 24.6. The van der Waals surface area contributed by atoms with Crippen molar-refractivity contribution in [3.8, 4) is 0 Å². The quantitative estimate of drug-likeness (QED) is 0.742. The topological polar surface area (TPSA) is 87.7 Å². The second-order valence-electron chi connectivity index (χ2n) is 2.55. The van der Waals surface area contributed by atoms with E-state index in [0.29, 0.717) is 5.82 Å². The fourth-order valence-electron chi connectivity index (χ4n) is 0.596. The van der Waals surface area contributed by atoms with Gasteiger partial charge in [-0.05, 0) is 13.8 Å². The van der Waals surface area contributed by atoms with Crippen molar-refractivity contribution in [2.24, 2.45) is 0 Å². The minimum absolute atomic E-state index is 0.0231. The van der Waals surface area contributed by atoms with Crippen LogP contribution < -0.4 is 4.72 Å². The van der Waals surface area contributed by atoms with Gasteiger partial charge in [-0.25, -0.2) is 13.1 Å². The number of hydrogen-bond donors (Lipinski definition) is 2.